The van der Waals surface area contributed by atoms with Crippen molar-refractivity contribution >= 4 is 35.2 Å². The predicted molar refractivity (Wildman–Crippen MR) is 184 cm³/mol. The molecule has 6 rings (SSSR count). The maximum Gasteiger partial charge on any atom is 0.273 e. The molecule has 0 saturated carbocycles. The number of aromatic nitrogens is 4. The van der Waals surface area contributed by atoms with Gasteiger partial charge < -0.3 is 20.4 Å². The van der Waals surface area contributed by atoms with E-state index in [-0.39, 0.29) is 63.4 Å². The van der Waals surface area contributed by atoms with Crippen molar-refractivity contribution in [1.82, 2.24) is 19.6 Å². The number of aliphatic imine (C=N–C) groups is 2. The molecule has 0 unspecified atom stereocenters. The summed E-state index contributed by atoms with van der Waals surface area (Å²) in [5.41, 5.74) is 3.11. The molecule has 2 aromatic heterocycles. The van der Waals surface area contributed by atoms with Crippen molar-refractivity contribution in [3.8, 4) is 34.6 Å². The van der Waals surface area contributed by atoms with Crippen molar-refractivity contribution in [3.05, 3.63) is 140 Å². The maximum atomic E-state index is 10.7. The molecule has 258 valence electrons. The number of non-ortho nitro benzene ring substituents is 2. The van der Waals surface area contributed by atoms with Gasteiger partial charge in [-0.1, -0.05) is 36.4 Å². The minimum Gasteiger partial charge on any atom is -0.505 e. The number of rotatable bonds is 8. The molecule has 4 aromatic carbocycles. The van der Waals surface area contributed by atoms with Crippen molar-refractivity contribution in [2.45, 2.75) is 13.8 Å². The van der Waals surface area contributed by atoms with Crippen LogP contribution in [0.3, 0.4) is 0 Å². The van der Waals surface area contributed by atoms with Gasteiger partial charge in [0, 0.05) is 41.9 Å². The van der Waals surface area contributed by atoms with Gasteiger partial charge in [-0.15, -0.1) is 0 Å². The third-order valence-electron chi connectivity index (χ3n) is 7.17. The smallest absolute Gasteiger partial charge is 0.273 e. The van der Waals surface area contributed by atoms with Crippen molar-refractivity contribution in [3.63, 3.8) is 0 Å². The van der Waals surface area contributed by atoms with E-state index in [4.69, 9.17) is 0 Å². The predicted octanol–water partition coefficient (Wildman–Crippen LogP) is 6.50. The van der Waals surface area contributed by atoms with Crippen LogP contribution in [0.4, 0.5) is 22.7 Å². The molecule has 0 saturated heterocycles. The largest absolute Gasteiger partial charge is 0.505 e. The minimum absolute atomic E-state index is 0. The fourth-order valence-electron chi connectivity index (χ4n) is 4.59. The summed E-state index contributed by atoms with van der Waals surface area (Å²) in [7, 11) is 0. The standard InChI is InChI=1S/2C17H14N4O4.Cr/c2*1-11-14(17(23)20(19-11)12-5-3-2-4-6-12)10-18-15-8-7-13(21(24)25)9-16(15)22;/h2*2-10,22-23H,1H3;. The number of hydrogen-bond acceptors (Lipinski definition) is 12. The SMILES string of the molecule is Cc1nn(-c2ccccc2)c(O)c1C=Nc1ccc([N+](=O)[O-])cc1O.Cc1nn(-c2ccccc2)c(O)c1C=Nc1ccc([N+](=O)[O-])cc1O.[Cr]. The molecule has 16 nitrogen and oxygen atoms in total. The molecule has 0 amide bonds. The van der Waals surface area contributed by atoms with Crippen molar-refractivity contribution in [2.24, 2.45) is 9.98 Å². The Morgan fingerprint density at radius 1 is 0.608 bits per heavy atom. The molecule has 0 spiro atoms. The fraction of sp³-hybridized carbons (Fsp3) is 0.0588. The number of aryl methyl sites for hydroxylation is 2. The molecule has 0 aliphatic carbocycles. The summed E-state index contributed by atoms with van der Waals surface area (Å²) in [6, 6.07) is 25.4. The van der Waals surface area contributed by atoms with Gasteiger partial charge in [0.15, 0.2) is 0 Å². The van der Waals surface area contributed by atoms with Crippen molar-refractivity contribution in [1.29, 1.82) is 0 Å². The Bertz CT molecular complexity index is 2090. The Labute approximate surface area is 300 Å². The molecule has 0 bridgehead atoms. The normalized spacial score (nSPS) is 10.9. The van der Waals surface area contributed by atoms with Gasteiger partial charge in [0.05, 0.1) is 55.9 Å². The first-order valence-electron chi connectivity index (χ1n) is 14.7. The summed E-state index contributed by atoms with van der Waals surface area (Å²) in [6.07, 6.45) is 2.72. The summed E-state index contributed by atoms with van der Waals surface area (Å²) in [5, 5.41) is 70.4. The second-order valence-corrected chi connectivity index (χ2v) is 10.5. The maximum absolute atomic E-state index is 10.7. The molecule has 4 N–H and O–H groups in total. The number of phenols is 2. The second-order valence-electron chi connectivity index (χ2n) is 10.5. The summed E-state index contributed by atoms with van der Waals surface area (Å²) < 4.78 is 2.76. The minimum atomic E-state index is -0.604. The van der Waals surface area contributed by atoms with E-state index in [0.717, 1.165) is 12.1 Å². The number of para-hydroxylation sites is 2. The molecule has 0 fully saturated rings. The van der Waals surface area contributed by atoms with Gasteiger partial charge in [-0.05, 0) is 50.2 Å². The van der Waals surface area contributed by atoms with E-state index in [1.54, 1.807) is 38.1 Å². The first-order valence-corrected chi connectivity index (χ1v) is 14.7. The molecular formula is C34H28CrN8O8. The summed E-state index contributed by atoms with van der Waals surface area (Å²) >= 11 is 0. The molecule has 2 heterocycles. The Morgan fingerprint density at radius 2 is 0.961 bits per heavy atom. The van der Waals surface area contributed by atoms with Crippen LogP contribution in [0, 0.1) is 34.1 Å². The topological polar surface area (TPSA) is 228 Å². The van der Waals surface area contributed by atoms with E-state index in [0.29, 0.717) is 33.9 Å². The van der Waals surface area contributed by atoms with Gasteiger partial charge >= 0.3 is 0 Å². The molecule has 0 radical (unpaired) electrons. The number of nitro benzene ring substituents is 2. The van der Waals surface area contributed by atoms with Crippen molar-refractivity contribution in [2.75, 3.05) is 0 Å². The first-order chi connectivity index (χ1) is 23.9. The second kappa shape index (κ2) is 16.0. The van der Waals surface area contributed by atoms with E-state index < -0.39 is 9.85 Å². The molecule has 17 heteroatoms. The van der Waals surface area contributed by atoms with E-state index >= 15 is 0 Å². The van der Waals surface area contributed by atoms with Gasteiger partial charge in [0.1, 0.15) is 22.9 Å². The van der Waals surface area contributed by atoms with Crippen molar-refractivity contribution < 1.29 is 47.6 Å². The molecule has 0 aliphatic rings. The average molecular weight is 729 g/mol. The van der Waals surface area contributed by atoms with E-state index in [9.17, 15) is 40.7 Å². The van der Waals surface area contributed by atoms with Crippen LogP contribution in [-0.2, 0) is 17.4 Å². The van der Waals surface area contributed by atoms with Gasteiger partial charge in [0.25, 0.3) is 11.4 Å². The Balaban J connectivity index is 0.000000224. The molecule has 6 aromatic rings. The van der Waals surface area contributed by atoms with Gasteiger partial charge in [-0.25, -0.2) is 9.36 Å². The van der Waals surface area contributed by atoms with Crippen LogP contribution in [0.5, 0.6) is 23.3 Å². The molecule has 51 heavy (non-hydrogen) atoms. The Morgan fingerprint density at radius 3 is 1.27 bits per heavy atom. The van der Waals surface area contributed by atoms with E-state index in [2.05, 4.69) is 20.2 Å². The van der Waals surface area contributed by atoms with Crippen LogP contribution < -0.4 is 0 Å². The van der Waals surface area contributed by atoms with Crippen LogP contribution in [0.2, 0.25) is 0 Å². The van der Waals surface area contributed by atoms with Crippen LogP contribution in [0.15, 0.2) is 107 Å². The number of nitrogens with zero attached hydrogens (tertiary/aromatic N) is 8. The monoisotopic (exact) mass is 728 g/mol. The zero-order valence-corrected chi connectivity index (χ0v) is 28.1. The Kier molecular flexibility index (Phi) is 11.6. The number of hydrogen-bond donors (Lipinski definition) is 4. The zero-order valence-electron chi connectivity index (χ0n) is 26.8. The molecule has 0 aliphatic heterocycles. The van der Waals surface area contributed by atoms with Crippen LogP contribution in [0.1, 0.15) is 22.5 Å². The Hall–Kier alpha value is -6.83. The quantitative estimate of drug-likeness (QED) is 0.0755. The van der Waals surface area contributed by atoms with Crippen LogP contribution >= 0.6 is 0 Å². The van der Waals surface area contributed by atoms with Crippen LogP contribution in [-0.4, -0.2) is 62.3 Å². The molecular weight excluding hydrogens is 700 g/mol. The number of nitro groups is 2. The summed E-state index contributed by atoms with van der Waals surface area (Å²) in [5.74, 6) is -0.821. The van der Waals surface area contributed by atoms with Gasteiger partial charge in [-0.3, -0.25) is 30.2 Å². The van der Waals surface area contributed by atoms with E-state index in [1.807, 2.05) is 36.4 Å². The molecule has 0 atom stereocenters. The van der Waals surface area contributed by atoms with Crippen LogP contribution in [0.25, 0.3) is 11.4 Å². The zero-order chi connectivity index (χ0) is 35.9. The summed E-state index contributed by atoms with van der Waals surface area (Å²) in [4.78, 5) is 28.3. The number of benzene rings is 4. The van der Waals surface area contributed by atoms with Gasteiger partial charge in [0.2, 0.25) is 11.8 Å². The first kappa shape index (κ1) is 37.0. The number of phenolic OH excluding ortho intramolecular Hbond substituents is 2. The third kappa shape index (κ3) is 8.43. The average Bonchev–Trinajstić information content (AvgIpc) is 3.56. The summed E-state index contributed by atoms with van der Waals surface area (Å²) in [6.45, 7) is 3.44. The van der Waals surface area contributed by atoms with Gasteiger partial charge in [-0.2, -0.15) is 10.2 Å². The number of aromatic hydroxyl groups is 4. The van der Waals surface area contributed by atoms with E-state index in [1.165, 1.54) is 46.1 Å². The third-order valence-corrected chi connectivity index (χ3v) is 7.17. The fourth-order valence-corrected chi connectivity index (χ4v) is 4.59.